The van der Waals surface area contributed by atoms with Gasteiger partial charge in [-0.15, -0.1) is 0 Å². The summed E-state index contributed by atoms with van der Waals surface area (Å²) in [5.74, 6) is -0.365. The second kappa shape index (κ2) is 7.45. The van der Waals surface area contributed by atoms with E-state index in [0.717, 1.165) is 25.3 Å². The molecule has 1 unspecified atom stereocenters. The third kappa shape index (κ3) is 4.97. The molecule has 0 radical (unpaired) electrons. The van der Waals surface area contributed by atoms with Crippen LogP contribution in [0.5, 0.6) is 5.75 Å². The maximum absolute atomic E-state index is 13.1. The van der Waals surface area contributed by atoms with E-state index in [9.17, 15) is 13.2 Å². The summed E-state index contributed by atoms with van der Waals surface area (Å²) in [5, 5.41) is -0.0699. The summed E-state index contributed by atoms with van der Waals surface area (Å²) in [6.07, 6.45) is -2.21. The molecule has 24 heavy (non-hydrogen) atoms. The summed E-state index contributed by atoms with van der Waals surface area (Å²) in [5.41, 5.74) is -1.82. The van der Waals surface area contributed by atoms with Crippen molar-refractivity contribution in [3.63, 3.8) is 0 Å². The van der Waals surface area contributed by atoms with Gasteiger partial charge in [-0.3, -0.25) is 0 Å². The highest BCUT2D eigenvalue weighted by molar-refractivity contribution is 6.29. The number of nitrogens with zero attached hydrogens (tertiary/aromatic N) is 1. The molecule has 4 nitrogen and oxygen atoms in total. The second-order valence-electron chi connectivity index (χ2n) is 6.28. The van der Waals surface area contributed by atoms with Crippen LogP contribution < -0.4 is 4.74 Å². The first-order chi connectivity index (χ1) is 11.1. The van der Waals surface area contributed by atoms with Gasteiger partial charge >= 0.3 is 6.18 Å². The molecule has 2 heterocycles. The normalized spacial score (nSPS) is 20.7. The van der Waals surface area contributed by atoms with Crippen LogP contribution in [0.3, 0.4) is 0 Å². The molecule has 1 aliphatic rings. The van der Waals surface area contributed by atoms with Gasteiger partial charge in [0.15, 0.2) is 6.29 Å². The molecule has 8 heteroatoms. The Labute approximate surface area is 144 Å². The van der Waals surface area contributed by atoms with Crippen LogP contribution in [0.15, 0.2) is 12.3 Å². The van der Waals surface area contributed by atoms with E-state index in [1.807, 2.05) is 0 Å². The van der Waals surface area contributed by atoms with Crippen molar-refractivity contribution < 1.29 is 27.4 Å². The van der Waals surface area contributed by atoms with Crippen LogP contribution in [0.2, 0.25) is 5.15 Å². The first kappa shape index (κ1) is 19.3. The Morgan fingerprint density at radius 2 is 2.04 bits per heavy atom. The lowest BCUT2D eigenvalue weighted by atomic mass is 10.0. The van der Waals surface area contributed by atoms with Crippen LogP contribution in [0, 0.1) is 0 Å². The Morgan fingerprint density at radius 3 is 2.62 bits per heavy atom. The maximum atomic E-state index is 13.1. The van der Waals surface area contributed by atoms with Crippen LogP contribution in [0.1, 0.15) is 45.6 Å². The fourth-order valence-electron chi connectivity index (χ4n) is 2.29. The predicted molar refractivity (Wildman–Crippen MR) is 83.1 cm³/mol. The molecule has 1 saturated heterocycles. The smallest absolute Gasteiger partial charge is 0.421 e. The van der Waals surface area contributed by atoms with Gasteiger partial charge in [0.05, 0.1) is 0 Å². The minimum atomic E-state index is -4.58. The third-order valence-corrected chi connectivity index (χ3v) is 4.20. The fourth-order valence-corrected chi connectivity index (χ4v) is 2.44. The van der Waals surface area contributed by atoms with Crippen LogP contribution in [-0.4, -0.2) is 29.6 Å². The van der Waals surface area contributed by atoms with Gasteiger partial charge in [-0.1, -0.05) is 11.6 Å². The van der Waals surface area contributed by atoms with E-state index < -0.39 is 23.4 Å². The van der Waals surface area contributed by atoms with Gasteiger partial charge in [-0.2, -0.15) is 13.2 Å². The summed E-state index contributed by atoms with van der Waals surface area (Å²) in [6, 6.07) is 1.06. The minimum Gasteiger partial charge on any atom is -0.487 e. The Kier molecular flexibility index (Phi) is 5.99. The maximum Gasteiger partial charge on any atom is 0.421 e. The van der Waals surface area contributed by atoms with E-state index >= 15 is 0 Å². The summed E-state index contributed by atoms with van der Waals surface area (Å²) in [7, 11) is 0. The molecule has 1 fully saturated rings. The zero-order chi connectivity index (χ0) is 18.0. The summed E-state index contributed by atoms with van der Waals surface area (Å²) in [4.78, 5) is 3.48. The number of hydrogen-bond acceptors (Lipinski definition) is 4. The molecule has 0 amide bonds. The monoisotopic (exact) mass is 367 g/mol. The van der Waals surface area contributed by atoms with Crippen molar-refractivity contribution >= 4 is 11.6 Å². The molecule has 2 atom stereocenters. The molecular formula is C16H21ClF3NO3. The molecule has 0 saturated carbocycles. The van der Waals surface area contributed by atoms with Gasteiger partial charge in [-0.05, 0) is 40.0 Å². The average molecular weight is 368 g/mol. The topological polar surface area (TPSA) is 40.6 Å². The molecule has 2 rings (SSSR count). The lowest BCUT2D eigenvalue weighted by molar-refractivity contribution is -0.234. The standard InChI is InChI=1S/C16H21ClF3NO3/c1-10(15(2,3)24-14-6-4-5-7-22-14)23-12-8-13(17)21-9-11(12)16(18,19)20/h8-10,14H,4-7H2,1-3H3/t10-,14?/m1/s1. The van der Waals surface area contributed by atoms with Crippen molar-refractivity contribution in [3.8, 4) is 5.75 Å². The van der Waals surface area contributed by atoms with E-state index in [1.165, 1.54) is 0 Å². The average Bonchev–Trinajstić information content (AvgIpc) is 2.46. The Morgan fingerprint density at radius 1 is 1.33 bits per heavy atom. The van der Waals surface area contributed by atoms with Crippen LogP contribution in [0.25, 0.3) is 0 Å². The predicted octanol–water partition coefficient (Wildman–Crippen LogP) is 4.84. The fraction of sp³-hybridized carbons (Fsp3) is 0.688. The number of hydrogen-bond donors (Lipinski definition) is 0. The molecule has 136 valence electrons. The number of pyridine rings is 1. The molecule has 0 bridgehead atoms. The van der Waals surface area contributed by atoms with Crippen molar-refractivity contribution in [3.05, 3.63) is 23.0 Å². The molecule has 1 aromatic heterocycles. The van der Waals surface area contributed by atoms with Crippen molar-refractivity contribution in [1.29, 1.82) is 0 Å². The Balaban J connectivity index is 2.12. The highest BCUT2D eigenvalue weighted by Crippen LogP contribution is 2.38. The molecule has 1 aliphatic heterocycles. The SMILES string of the molecule is C[C@@H](Oc1cc(Cl)ncc1C(F)(F)F)C(C)(C)OC1CCCCO1. The number of alkyl halides is 3. The largest absolute Gasteiger partial charge is 0.487 e. The lowest BCUT2D eigenvalue weighted by Gasteiger charge is -2.37. The van der Waals surface area contributed by atoms with Crippen molar-refractivity contribution in [1.82, 2.24) is 4.98 Å². The van der Waals surface area contributed by atoms with E-state index in [-0.39, 0.29) is 17.2 Å². The van der Waals surface area contributed by atoms with Gasteiger partial charge < -0.3 is 14.2 Å². The molecule has 0 spiro atoms. The Bertz CT molecular complexity index is 560. The van der Waals surface area contributed by atoms with E-state index in [2.05, 4.69) is 4.98 Å². The third-order valence-electron chi connectivity index (χ3n) is 3.99. The van der Waals surface area contributed by atoms with Gasteiger partial charge in [-0.25, -0.2) is 4.98 Å². The lowest BCUT2D eigenvalue weighted by Crippen LogP contribution is -2.45. The second-order valence-corrected chi connectivity index (χ2v) is 6.67. The van der Waals surface area contributed by atoms with E-state index in [0.29, 0.717) is 12.8 Å². The number of aromatic nitrogens is 1. The van der Waals surface area contributed by atoms with Gasteiger partial charge in [0, 0.05) is 18.9 Å². The van der Waals surface area contributed by atoms with Gasteiger partial charge in [0.1, 0.15) is 28.2 Å². The molecular weight excluding hydrogens is 347 g/mol. The summed E-state index contributed by atoms with van der Waals surface area (Å²) >= 11 is 5.71. The van der Waals surface area contributed by atoms with Crippen molar-refractivity contribution in [2.24, 2.45) is 0 Å². The highest BCUT2D eigenvalue weighted by Gasteiger charge is 2.38. The summed E-state index contributed by atoms with van der Waals surface area (Å²) < 4.78 is 56.2. The number of rotatable bonds is 5. The zero-order valence-corrected chi connectivity index (χ0v) is 14.6. The quantitative estimate of drug-likeness (QED) is 0.698. The number of halogens is 4. The first-order valence-electron chi connectivity index (χ1n) is 7.78. The minimum absolute atomic E-state index is 0.0699. The van der Waals surface area contributed by atoms with Gasteiger partial charge in [0.25, 0.3) is 0 Å². The molecule has 1 aromatic rings. The van der Waals surface area contributed by atoms with Crippen LogP contribution >= 0.6 is 11.6 Å². The van der Waals surface area contributed by atoms with Crippen LogP contribution in [-0.2, 0) is 15.7 Å². The molecule has 0 aromatic carbocycles. The van der Waals surface area contributed by atoms with Crippen molar-refractivity contribution in [2.75, 3.05) is 6.61 Å². The van der Waals surface area contributed by atoms with Crippen molar-refractivity contribution in [2.45, 2.75) is 64.2 Å². The summed E-state index contributed by atoms with van der Waals surface area (Å²) in [6.45, 7) is 5.78. The zero-order valence-electron chi connectivity index (χ0n) is 13.8. The molecule has 0 N–H and O–H groups in total. The molecule has 0 aliphatic carbocycles. The number of ether oxygens (including phenoxy) is 3. The highest BCUT2D eigenvalue weighted by atomic mass is 35.5. The van der Waals surface area contributed by atoms with Gasteiger partial charge in [0.2, 0.25) is 0 Å². The Hall–Kier alpha value is -1.05. The first-order valence-corrected chi connectivity index (χ1v) is 8.16. The van der Waals surface area contributed by atoms with E-state index in [1.54, 1.807) is 20.8 Å². The van der Waals surface area contributed by atoms with Crippen LogP contribution in [0.4, 0.5) is 13.2 Å². The van der Waals surface area contributed by atoms with E-state index in [4.69, 9.17) is 25.8 Å².